The van der Waals surface area contributed by atoms with Gasteiger partial charge in [-0.1, -0.05) is 69.3 Å². The summed E-state index contributed by atoms with van der Waals surface area (Å²) in [7, 11) is 1.58. The van der Waals surface area contributed by atoms with Crippen LogP contribution in [0.4, 0.5) is 5.82 Å². The predicted molar refractivity (Wildman–Crippen MR) is 134 cm³/mol. The minimum atomic E-state index is -0.285. The van der Waals surface area contributed by atoms with Crippen molar-refractivity contribution in [3.8, 4) is 5.69 Å². The number of ether oxygens (including phenoxy) is 1. The van der Waals surface area contributed by atoms with Gasteiger partial charge in [0.25, 0.3) is 0 Å². The molecule has 0 unspecified atom stereocenters. The molecule has 7 nitrogen and oxygen atoms in total. The third-order valence-corrected chi connectivity index (χ3v) is 5.54. The Hall–Kier alpha value is -3.45. The fourth-order valence-electron chi connectivity index (χ4n) is 3.55. The largest absolute Gasteiger partial charge is 0.383 e. The molecule has 0 spiro atoms. The van der Waals surface area contributed by atoms with E-state index in [4.69, 9.17) is 9.84 Å². The second-order valence-corrected chi connectivity index (χ2v) is 9.38. The first-order valence-electron chi connectivity index (χ1n) is 11.5. The highest BCUT2D eigenvalue weighted by Gasteiger charge is 2.23. The molecule has 7 heteroatoms. The summed E-state index contributed by atoms with van der Waals surface area (Å²) in [4.78, 5) is 27.6. The molecule has 0 aliphatic heterocycles. The first kappa shape index (κ1) is 25.2. The SMILES string of the molecule is COCCN(CC(=O)Nc1cc(C(C)(C)C)nn1-c1ccccc1C)C(=O)Cc1ccccc1. The van der Waals surface area contributed by atoms with Crippen LogP contribution < -0.4 is 5.32 Å². The Morgan fingerprint density at radius 2 is 1.74 bits per heavy atom. The van der Waals surface area contributed by atoms with Gasteiger partial charge < -0.3 is 15.0 Å². The van der Waals surface area contributed by atoms with Gasteiger partial charge in [0.2, 0.25) is 11.8 Å². The Bertz CT molecular complexity index is 1120. The molecule has 34 heavy (non-hydrogen) atoms. The number of carbonyl (C=O) groups excluding carboxylic acids is 2. The van der Waals surface area contributed by atoms with Gasteiger partial charge in [-0.2, -0.15) is 5.10 Å². The Labute approximate surface area is 201 Å². The van der Waals surface area contributed by atoms with Crippen LogP contribution in [0.2, 0.25) is 0 Å². The van der Waals surface area contributed by atoms with E-state index in [1.807, 2.05) is 67.6 Å². The summed E-state index contributed by atoms with van der Waals surface area (Å²) < 4.78 is 6.93. The van der Waals surface area contributed by atoms with Gasteiger partial charge in [0.1, 0.15) is 5.82 Å². The van der Waals surface area contributed by atoms with Crippen LogP contribution in [0, 0.1) is 6.92 Å². The quantitative estimate of drug-likeness (QED) is 0.519. The second-order valence-electron chi connectivity index (χ2n) is 9.38. The zero-order valence-corrected chi connectivity index (χ0v) is 20.7. The lowest BCUT2D eigenvalue weighted by Crippen LogP contribution is -2.41. The van der Waals surface area contributed by atoms with E-state index in [0.717, 1.165) is 22.5 Å². The molecule has 1 heterocycles. The number of hydrogen-bond acceptors (Lipinski definition) is 4. The minimum absolute atomic E-state index is 0.0706. The molecule has 0 fully saturated rings. The number of methoxy groups -OCH3 is 1. The number of para-hydroxylation sites is 1. The average molecular weight is 463 g/mol. The lowest BCUT2D eigenvalue weighted by Gasteiger charge is -2.22. The van der Waals surface area contributed by atoms with E-state index in [1.54, 1.807) is 11.8 Å². The molecule has 0 saturated heterocycles. The van der Waals surface area contributed by atoms with Crippen LogP contribution >= 0.6 is 0 Å². The molecule has 180 valence electrons. The normalized spacial score (nSPS) is 11.3. The predicted octanol–water partition coefficient (Wildman–Crippen LogP) is 4.13. The number of aromatic nitrogens is 2. The number of aryl methyl sites for hydroxylation is 1. The molecule has 0 aliphatic carbocycles. The van der Waals surface area contributed by atoms with Crippen molar-refractivity contribution in [3.63, 3.8) is 0 Å². The molecule has 0 aliphatic rings. The Morgan fingerprint density at radius 3 is 2.38 bits per heavy atom. The zero-order valence-electron chi connectivity index (χ0n) is 20.7. The molecule has 2 amide bonds. The van der Waals surface area contributed by atoms with Gasteiger partial charge in [-0.3, -0.25) is 9.59 Å². The topological polar surface area (TPSA) is 76.5 Å². The average Bonchev–Trinajstić information content (AvgIpc) is 3.21. The van der Waals surface area contributed by atoms with Gasteiger partial charge in [-0.25, -0.2) is 4.68 Å². The molecule has 0 bridgehead atoms. The third-order valence-electron chi connectivity index (χ3n) is 5.54. The van der Waals surface area contributed by atoms with Crippen molar-refractivity contribution in [3.05, 3.63) is 77.5 Å². The number of hydrogen-bond donors (Lipinski definition) is 1. The van der Waals surface area contributed by atoms with E-state index < -0.39 is 0 Å². The van der Waals surface area contributed by atoms with E-state index in [9.17, 15) is 9.59 Å². The van der Waals surface area contributed by atoms with Crippen molar-refractivity contribution in [2.75, 3.05) is 32.1 Å². The van der Waals surface area contributed by atoms with Crippen LogP contribution in [0.1, 0.15) is 37.6 Å². The van der Waals surface area contributed by atoms with Crippen LogP contribution in [0.3, 0.4) is 0 Å². The molecular weight excluding hydrogens is 428 g/mol. The first-order chi connectivity index (χ1) is 16.2. The minimum Gasteiger partial charge on any atom is -0.383 e. The van der Waals surface area contributed by atoms with Crippen LogP contribution in [-0.4, -0.2) is 53.3 Å². The van der Waals surface area contributed by atoms with Crippen LogP contribution in [0.25, 0.3) is 5.69 Å². The van der Waals surface area contributed by atoms with Gasteiger partial charge >= 0.3 is 0 Å². The van der Waals surface area contributed by atoms with Gasteiger partial charge in [-0.15, -0.1) is 0 Å². The van der Waals surface area contributed by atoms with Crippen LogP contribution in [-0.2, 0) is 26.2 Å². The highest BCUT2D eigenvalue weighted by Crippen LogP contribution is 2.27. The summed E-state index contributed by atoms with van der Waals surface area (Å²) in [5, 5.41) is 7.77. The number of nitrogens with one attached hydrogen (secondary N) is 1. The van der Waals surface area contributed by atoms with Gasteiger partial charge in [0, 0.05) is 25.1 Å². The maximum atomic E-state index is 13.1. The number of nitrogens with zero attached hydrogens (tertiary/aromatic N) is 3. The highest BCUT2D eigenvalue weighted by molar-refractivity contribution is 5.94. The standard InChI is InChI=1S/C27H34N4O3/c1-20-11-9-10-14-22(20)31-24(18-23(29-31)27(2,3)4)28-25(32)19-30(15-16-34-5)26(33)17-21-12-7-6-8-13-21/h6-14,18H,15-17,19H2,1-5H3,(H,28,32). The number of amides is 2. The molecule has 3 aromatic rings. The summed E-state index contributed by atoms with van der Waals surface area (Å²) in [6, 6.07) is 19.3. The summed E-state index contributed by atoms with van der Waals surface area (Å²) in [5.41, 5.74) is 3.51. The molecule has 1 N–H and O–H groups in total. The fourth-order valence-corrected chi connectivity index (χ4v) is 3.55. The van der Waals surface area contributed by atoms with Gasteiger partial charge in [0.05, 0.1) is 31.0 Å². The number of rotatable bonds is 9. The number of anilines is 1. The molecule has 0 saturated carbocycles. The van der Waals surface area contributed by atoms with E-state index in [2.05, 4.69) is 26.1 Å². The molecular formula is C27H34N4O3. The van der Waals surface area contributed by atoms with Crippen molar-refractivity contribution < 1.29 is 14.3 Å². The Kier molecular flexibility index (Phi) is 8.23. The molecule has 3 rings (SSSR count). The van der Waals surface area contributed by atoms with Crippen molar-refractivity contribution in [2.24, 2.45) is 0 Å². The maximum absolute atomic E-state index is 13.1. The summed E-state index contributed by atoms with van der Waals surface area (Å²) >= 11 is 0. The smallest absolute Gasteiger partial charge is 0.245 e. The van der Waals surface area contributed by atoms with E-state index in [0.29, 0.717) is 19.0 Å². The van der Waals surface area contributed by atoms with Crippen LogP contribution in [0.5, 0.6) is 0 Å². The maximum Gasteiger partial charge on any atom is 0.245 e. The summed E-state index contributed by atoms with van der Waals surface area (Å²) in [5.74, 6) is 0.167. The molecule has 1 aromatic heterocycles. The lowest BCUT2D eigenvalue weighted by molar-refractivity contribution is -0.134. The van der Waals surface area contributed by atoms with Crippen molar-refractivity contribution in [2.45, 2.75) is 39.5 Å². The first-order valence-corrected chi connectivity index (χ1v) is 11.5. The van der Waals surface area contributed by atoms with Crippen molar-refractivity contribution in [1.29, 1.82) is 0 Å². The summed E-state index contributed by atoms with van der Waals surface area (Å²) in [6.07, 6.45) is 0.229. The van der Waals surface area contributed by atoms with Gasteiger partial charge in [0.15, 0.2) is 0 Å². The Morgan fingerprint density at radius 1 is 1.06 bits per heavy atom. The van der Waals surface area contributed by atoms with Crippen molar-refractivity contribution >= 4 is 17.6 Å². The Balaban J connectivity index is 1.81. The lowest BCUT2D eigenvalue weighted by atomic mass is 9.92. The molecule has 0 radical (unpaired) electrons. The molecule has 2 aromatic carbocycles. The van der Waals surface area contributed by atoms with E-state index >= 15 is 0 Å². The van der Waals surface area contributed by atoms with E-state index in [1.165, 1.54) is 4.90 Å². The van der Waals surface area contributed by atoms with Crippen LogP contribution in [0.15, 0.2) is 60.7 Å². The third kappa shape index (κ3) is 6.54. The molecule has 0 atom stereocenters. The second kappa shape index (κ2) is 11.1. The zero-order chi connectivity index (χ0) is 24.7. The summed E-state index contributed by atoms with van der Waals surface area (Å²) in [6.45, 7) is 8.86. The van der Waals surface area contributed by atoms with E-state index in [-0.39, 0.29) is 30.2 Å². The highest BCUT2D eigenvalue weighted by atomic mass is 16.5. The monoisotopic (exact) mass is 462 g/mol. The fraction of sp³-hybridized carbons (Fsp3) is 0.370. The van der Waals surface area contributed by atoms with Gasteiger partial charge in [-0.05, 0) is 24.1 Å². The number of carbonyl (C=O) groups is 2. The van der Waals surface area contributed by atoms with Crippen molar-refractivity contribution in [1.82, 2.24) is 14.7 Å². The number of benzene rings is 2.